The zero-order chi connectivity index (χ0) is 14.6. The van der Waals surface area contributed by atoms with Crippen LogP contribution in [0.1, 0.15) is 55.6 Å². The molecule has 106 valence electrons. The van der Waals surface area contributed by atoms with Crippen molar-refractivity contribution in [3.05, 3.63) is 34.9 Å². The molecule has 1 rings (SSSR count). The standard InChI is InChI=1S/C17H27NO/c1-7-14(17(4,5)6)11-18-16(19)15-10-8-9-12(2)13(15)3/h8-10,14H,7,11H2,1-6H3,(H,18,19). The molecule has 0 aliphatic rings. The summed E-state index contributed by atoms with van der Waals surface area (Å²) in [6.45, 7) is 13.6. The first-order valence-corrected chi connectivity index (χ1v) is 7.11. The van der Waals surface area contributed by atoms with Gasteiger partial charge in [-0.25, -0.2) is 0 Å². The summed E-state index contributed by atoms with van der Waals surface area (Å²) < 4.78 is 0. The highest BCUT2D eigenvalue weighted by Crippen LogP contribution is 2.27. The molecular formula is C17H27NO. The van der Waals surface area contributed by atoms with Crippen molar-refractivity contribution in [1.29, 1.82) is 0 Å². The third-order valence-electron chi connectivity index (χ3n) is 4.08. The van der Waals surface area contributed by atoms with E-state index in [1.165, 1.54) is 0 Å². The van der Waals surface area contributed by atoms with Crippen LogP contribution in [0.15, 0.2) is 18.2 Å². The third kappa shape index (κ3) is 4.09. The molecule has 2 heteroatoms. The number of rotatable bonds is 4. The van der Waals surface area contributed by atoms with Crippen molar-refractivity contribution in [2.75, 3.05) is 6.54 Å². The Morgan fingerprint density at radius 1 is 1.26 bits per heavy atom. The molecule has 0 radical (unpaired) electrons. The quantitative estimate of drug-likeness (QED) is 0.868. The summed E-state index contributed by atoms with van der Waals surface area (Å²) >= 11 is 0. The third-order valence-corrected chi connectivity index (χ3v) is 4.08. The molecule has 0 aromatic heterocycles. The minimum atomic E-state index is 0.0453. The number of hydrogen-bond acceptors (Lipinski definition) is 1. The lowest BCUT2D eigenvalue weighted by Crippen LogP contribution is -2.35. The van der Waals surface area contributed by atoms with Gasteiger partial charge >= 0.3 is 0 Å². The number of nitrogens with one attached hydrogen (secondary N) is 1. The summed E-state index contributed by atoms with van der Waals surface area (Å²) in [6, 6.07) is 5.88. The zero-order valence-electron chi connectivity index (χ0n) is 13.1. The van der Waals surface area contributed by atoms with E-state index in [9.17, 15) is 4.79 Å². The Bertz CT molecular complexity index is 443. The molecule has 0 spiro atoms. The molecule has 1 N–H and O–H groups in total. The Balaban J connectivity index is 2.73. The number of carbonyl (C=O) groups excluding carboxylic acids is 1. The van der Waals surface area contributed by atoms with Crippen LogP contribution in [0.25, 0.3) is 0 Å². The normalized spacial score (nSPS) is 13.2. The molecule has 0 fully saturated rings. The number of amides is 1. The Hall–Kier alpha value is -1.31. The number of aryl methyl sites for hydroxylation is 1. The van der Waals surface area contributed by atoms with E-state index >= 15 is 0 Å². The van der Waals surface area contributed by atoms with Gasteiger partial charge in [0.15, 0.2) is 0 Å². The largest absolute Gasteiger partial charge is 0.352 e. The first-order chi connectivity index (χ1) is 8.77. The average molecular weight is 261 g/mol. The van der Waals surface area contributed by atoms with Gasteiger partial charge in [0.05, 0.1) is 0 Å². The van der Waals surface area contributed by atoms with Crippen molar-refractivity contribution >= 4 is 5.91 Å². The zero-order valence-corrected chi connectivity index (χ0v) is 13.1. The van der Waals surface area contributed by atoms with Crippen molar-refractivity contribution < 1.29 is 4.79 Å². The topological polar surface area (TPSA) is 29.1 Å². The van der Waals surface area contributed by atoms with Crippen LogP contribution >= 0.6 is 0 Å². The van der Waals surface area contributed by atoms with Crippen molar-refractivity contribution in [2.45, 2.75) is 48.0 Å². The monoisotopic (exact) mass is 261 g/mol. The smallest absolute Gasteiger partial charge is 0.251 e. The van der Waals surface area contributed by atoms with Gasteiger partial charge in [0, 0.05) is 12.1 Å². The molecule has 0 heterocycles. The van der Waals surface area contributed by atoms with Crippen LogP contribution in [0.4, 0.5) is 0 Å². The van der Waals surface area contributed by atoms with Gasteiger partial charge in [-0.05, 0) is 42.4 Å². The van der Waals surface area contributed by atoms with Crippen LogP contribution in [0.3, 0.4) is 0 Å². The SMILES string of the molecule is CCC(CNC(=O)c1cccc(C)c1C)C(C)(C)C. The van der Waals surface area contributed by atoms with Gasteiger partial charge < -0.3 is 5.32 Å². The Labute approximate surface area is 117 Å². The molecule has 2 nitrogen and oxygen atoms in total. The maximum atomic E-state index is 12.3. The fraction of sp³-hybridized carbons (Fsp3) is 0.588. The van der Waals surface area contributed by atoms with Crippen molar-refractivity contribution in [1.82, 2.24) is 5.32 Å². The van der Waals surface area contributed by atoms with Gasteiger partial charge in [-0.15, -0.1) is 0 Å². The van der Waals surface area contributed by atoms with Crippen LogP contribution in [-0.2, 0) is 0 Å². The minimum absolute atomic E-state index is 0.0453. The first-order valence-electron chi connectivity index (χ1n) is 7.11. The number of benzene rings is 1. The van der Waals surface area contributed by atoms with Crippen molar-refractivity contribution in [3.8, 4) is 0 Å². The molecule has 0 aliphatic heterocycles. The molecular weight excluding hydrogens is 234 g/mol. The molecule has 1 unspecified atom stereocenters. The average Bonchev–Trinajstić information content (AvgIpc) is 2.31. The van der Waals surface area contributed by atoms with Gasteiger partial charge in [0.2, 0.25) is 0 Å². The second-order valence-corrected chi connectivity index (χ2v) is 6.43. The fourth-order valence-electron chi connectivity index (χ4n) is 2.37. The molecule has 1 aromatic carbocycles. The van der Waals surface area contributed by atoms with Gasteiger partial charge in [0.25, 0.3) is 5.91 Å². The van der Waals surface area contributed by atoms with Gasteiger partial charge in [-0.2, -0.15) is 0 Å². The molecule has 1 atom stereocenters. The maximum Gasteiger partial charge on any atom is 0.251 e. The first kappa shape index (κ1) is 15.7. The summed E-state index contributed by atoms with van der Waals surface area (Å²) in [5.74, 6) is 0.547. The highest BCUT2D eigenvalue weighted by Gasteiger charge is 2.23. The molecule has 1 aromatic rings. The minimum Gasteiger partial charge on any atom is -0.352 e. The second-order valence-electron chi connectivity index (χ2n) is 6.43. The predicted octanol–water partition coefficient (Wildman–Crippen LogP) is 4.11. The Kier molecular flexibility index (Phi) is 5.16. The van der Waals surface area contributed by atoms with Gasteiger partial charge in [-0.3, -0.25) is 4.79 Å². The van der Waals surface area contributed by atoms with E-state index in [1.807, 2.05) is 32.0 Å². The summed E-state index contributed by atoms with van der Waals surface area (Å²) in [5.41, 5.74) is 3.26. The lowest BCUT2D eigenvalue weighted by Gasteiger charge is -2.30. The van der Waals surface area contributed by atoms with E-state index in [-0.39, 0.29) is 11.3 Å². The lowest BCUT2D eigenvalue weighted by atomic mass is 9.79. The predicted molar refractivity (Wildman–Crippen MR) is 81.5 cm³/mol. The van der Waals surface area contributed by atoms with Crippen LogP contribution in [0.5, 0.6) is 0 Å². The van der Waals surface area contributed by atoms with Crippen LogP contribution in [0.2, 0.25) is 0 Å². The highest BCUT2D eigenvalue weighted by atomic mass is 16.1. The van der Waals surface area contributed by atoms with Crippen molar-refractivity contribution in [2.24, 2.45) is 11.3 Å². The van der Waals surface area contributed by atoms with Crippen LogP contribution in [-0.4, -0.2) is 12.5 Å². The van der Waals surface area contributed by atoms with Crippen LogP contribution < -0.4 is 5.32 Å². The Morgan fingerprint density at radius 3 is 2.42 bits per heavy atom. The number of carbonyl (C=O) groups is 1. The molecule has 19 heavy (non-hydrogen) atoms. The summed E-state index contributed by atoms with van der Waals surface area (Å²) in [4.78, 5) is 12.3. The Morgan fingerprint density at radius 2 is 1.89 bits per heavy atom. The van der Waals surface area contributed by atoms with Gasteiger partial charge in [0.1, 0.15) is 0 Å². The highest BCUT2D eigenvalue weighted by molar-refractivity contribution is 5.95. The summed E-state index contributed by atoms with van der Waals surface area (Å²) in [6.07, 6.45) is 1.08. The fourth-order valence-corrected chi connectivity index (χ4v) is 2.37. The molecule has 0 saturated carbocycles. The van der Waals surface area contributed by atoms with E-state index in [2.05, 4.69) is 33.0 Å². The van der Waals surface area contributed by atoms with Crippen LogP contribution in [0, 0.1) is 25.2 Å². The molecule has 0 aliphatic carbocycles. The maximum absolute atomic E-state index is 12.3. The van der Waals surface area contributed by atoms with E-state index in [1.54, 1.807) is 0 Å². The van der Waals surface area contributed by atoms with E-state index < -0.39 is 0 Å². The molecule has 1 amide bonds. The molecule has 0 saturated heterocycles. The van der Waals surface area contributed by atoms with E-state index in [4.69, 9.17) is 0 Å². The van der Waals surface area contributed by atoms with E-state index in [0.29, 0.717) is 5.92 Å². The van der Waals surface area contributed by atoms with Gasteiger partial charge in [-0.1, -0.05) is 46.2 Å². The lowest BCUT2D eigenvalue weighted by molar-refractivity contribution is 0.0932. The van der Waals surface area contributed by atoms with E-state index in [0.717, 1.165) is 29.7 Å². The number of hydrogen-bond donors (Lipinski definition) is 1. The van der Waals surface area contributed by atoms with Crippen molar-refractivity contribution in [3.63, 3.8) is 0 Å². The summed E-state index contributed by atoms with van der Waals surface area (Å²) in [7, 11) is 0. The second kappa shape index (κ2) is 6.23. The molecule has 0 bridgehead atoms. The summed E-state index contributed by atoms with van der Waals surface area (Å²) in [5, 5.41) is 3.09.